The predicted octanol–water partition coefficient (Wildman–Crippen LogP) is 2.12. The van der Waals surface area contributed by atoms with E-state index in [2.05, 4.69) is 29.0 Å². The average Bonchev–Trinajstić information content (AvgIpc) is 2.79. The fourth-order valence-electron chi connectivity index (χ4n) is 1.72. The summed E-state index contributed by atoms with van der Waals surface area (Å²) in [7, 11) is 5.46. The zero-order valence-electron chi connectivity index (χ0n) is 13.2. The fourth-order valence-corrected chi connectivity index (χ4v) is 2.74. The molecule has 0 unspecified atom stereocenters. The lowest BCUT2D eigenvalue weighted by atomic mass is 10.2. The Kier molecular flexibility index (Phi) is 8.06. The molecule has 0 saturated heterocycles. The third-order valence-corrected chi connectivity index (χ3v) is 4.06. The zero-order valence-corrected chi connectivity index (χ0v) is 14.0. The van der Waals surface area contributed by atoms with Gasteiger partial charge in [-0.05, 0) is 12.5 Å². The predicted molar refractivity (Wildman–Crippen MR) is 84.5 cm³/mol. The number of aromatic nitrogens is 1. The van der Waals surface area contributed by atoms with Crippen LogP contribution in [-0.4, -0.2) is 45.9 Å². The summed E-state index contributed by atoms with van der Waals surface area (Å²) in [5, 5.41) is 4.49. The molecule has 6 heteroatoms. The van der Waals surface area contributed by atoms with Crippen LogP contribution in [0.1, 0.15) is 24.4 Å². The first-order chi connectivity index (χ1) is 9.58. The van der Waals surface area contributed by atoms with E-state index in [1.54, 1.807) is 25.6 Å². The van der Waals surface area contributed by atoms with E-state index in [-0.39, 0.29) is 0 Å². The molecule has 5 nitrogen and oxygen atoms in total. The van der Waals surface area contributed by atoms with Gasteiger partial charge in [-0.25, -0.2) is 4.98 Å². The average molecular weight is 301 g/mol. The Labute approximate surface area is 126 Å². The molecule has 0 aromatic carbocycles. The molecule has 0 aliphatic rings. The van der Waals surface area contributed by atoms with Gasteiger partial charge in [0.25, 0.3) is 0 Å². The lowest BCUT2D eigenvalue weighted by Gasteiger charge is -2.14. The Balaban J connectivity index is 2.68. The molecule has 1 N–H and O–H groups in total. The summed E-state index contributed by atoms with van der Waals surface area (Å²) in [6.45, 7) is 8.39. The molecule has 0 saturated carbocycles. The van der Waals surface area contributed by atoms with Gasteiger partial charge in [-0.1, -0.05) is 13.8 Å². The number of hydrogen-bond acceptors (Lipinski definition) is 6. The molecule has 0 aliphatic carbocycles. The quantitative estimate of drug-likeness (QED) is 0.717. The van der Waals surface area contributed by atoms with Crippen molar-refractivity contribution in [1.29, 1.82) is 0 Å². The maximum absolute atomic E-state index is 5.24. The van der Waals surface area contributed by atoms with E-state index in [0.29, 0.717) is 19.1 Å². The fraction of sp³-hybridized carbons (Fsp3) is 0.786. The van der Waals surface area contributed by atoms with Gasteiger partial charge >= 0.3 is 0 Å². The van der Waals surface area contributed by atoms with Gasteiger partial charge in [0.1, 0.15) is 0 Å². The Morgan fingerprint density at radius 2 is 2.05 bits per heavy atom. The summed E-state index contributed by atoms with van der Waals surface area (Å²) in [6.07, 6.45) is 0. The molecular weight excluding hydrogens is 274 g/mol. The molecule has 20 heavy (non-hydrogen) atoms. The lowest BCUT2D eigenvalue weighted by Crippen LogP contribution is -2.21. The highest BCUT2D eigenvalue weighted by molar-refractivity contribution is 7.15. The smallest absolute Gasteiger partial charge is 0.185 e. The molecule has 0 bridgehead atoms. The van der Waals surface area contributed by atoms with E-state index in [1.807, 2.05) is 7.05 Å². The molecule has 0 spiro atoms. The van der Waals surface area contributed by atoms with Crippen molar-refractivity contribution in [3.05, 3.63) is 10.6 Å². The second-order valence-corrected chi connectivity index (χ2v) is 6.30. The molecule has 1 rings (SSSR count). The summed E-state index contributed by atoms with van der Waals surface area (Å²) in [5.41, 5.74) is 1.04. The summed E-state index contributed by atoms with van der Waals surface area (Å²) in [6, 6.07) is 0. The first-order valence-corrected chi connectivity index (χ1v) is 7.78. The highest BCUT2D eigenvalue weighted by Crippen LogP contribution is 2.26. The first kappa shape index (κ1) is 17.4. The van der Waals surface area contributed by atoms with E-state index >= 15 is 0 Å². The SMILES string of the molecule is COCCN(C)c1nc(COC)c(CNCC(C)C)s1. The second kappa shape index (κ2) is 9.28. The Hall–Kier alpha value is -0.690. The first-order valence-electron chi connectivity index (χ1n) is 6.96. The Morgan fingerprint density at radius 3 is 2.65 bits per heavy atom. The van der Waals surface area contributed by atoms with E-state index < -0.39 is 0 Å². The van der Waals surface area contributed by atoms with Crippen molar-refractivity contribution in [3.63, 3.8) is 0 Å². The van der Waals surface area contributed by atoms with Crippen LogP contribution >= 0.6 is 11.3 Å². The van der Waals surface area contributed by atoms with Gasteiger partial charge < -0.3 is 19.7 Å². The van der Waals surface area contributed by atoms with Gasteiger partial charge in [-0.3, -0.25) is 0 Å². The van der Waals surface area contributed by atoms with Crippen LogP contribution in [0.5, 0.6) is 0 Å². The number of thiazole rings is 1. The lowest BCUT2D eigenvalue weighted by molar-refractivity contribution is 0.181. The van der Waals surface area contributed by atoms with E-state index in [0.717, 1.165) is 30.5 Å². The third kappa shape index (κ3) is 5.75. The molecular formula is C14H27N3O2S. The number of methoxy groups -OCH3 is 2. The maximum Gasteiger partial charge on any atom is 0.185 e. The second-order valence-electron chi connectivity index (χ2n) is 5.24. The van der Waals surface area contributed by atoms with Gasteiger partial charge in [0.15, 0.2) is 5.13 Å². The largest absolute Gasteiger partial charge is 0.383 e. The standard InChI is InChI=1S/C14H27N3O2S/c1-11(2)8-15-9-13-12(10-19-5)16-14(20-13)17(3)6-7-18-4/h11,15H,6-10H2,1-5H3. The van der Waals surface area contributed by atoms with Crippen molar-refractivity contribution >= 4 is 16.5 Å². The van der Waals surface area contributed by atoms with E-state index in [9.17, 15) is 0 Å². The van der Waals surface area contributed by atoms with Crippen molar-refractivity contribution in [1.82, 2.24) is 10.3 Å². The third-order valence-electron chi connectivity index (χ3n) is 2.84. The normalized spacial score (nSPS) is 11.3. The van der Waals surface area contributed by atoms with Crippen LogP contribution in [0.4, 0.5) is 5.13 Å². The van der Waals surface area contributed by atoms with Crippen molar-refractivity contribution in [2.24, 2.45) is 5.92 Å². The summed E-state index contributed by atoms with van der Waals surface area (Å²) in [4.78, 5) is 8.05. The number of hydrogen-bond donors (Lipinski definition) is 1. The molecule has 1 aromatic heterocycles. The summed E-state index contributed by atoms with van der Waals surface area (Å²) < 4.78 is 10.4. The monoisotopic (exact) mass is 301 g/mol. The summed E-state index contributed by atoms with van der Waals surface area (Å²) >= 11 is 1.73. The highest BCUT2D eigenvalue weighted by Gasteiger charge is 2.13. The molecule has 1 heterocycles. The molecule has 0 aliphatic heterocycles. The van der Waals surface area contributed by atoms with Crippen molar-refractivity contribution < 1.29 is 9.47 Å². The molecule has 0 amide bonds. The van der Waals surface area contributed by atoms with E-state index in [1.165, 1.54) is 4.88 Å². The molecule has 0 fully saturated rings. The summed E-state index contributed by atoms with van der Waals surface area (Å²) in [5.74, 6) is 0.651. The van der Waals surface area contributed by atoms with Crippen LogP contribution in [0.15, 0.2) is 0 Å². The maximum atomic E-state index is 5.24. The minimum atomic E-state index is 0.563. The van der Waals surface area contributed by atoms with Gasteiger partial charge in [0, 0.05) is 39.2 Å². The van der Waals surface area contributed by atoms with Gasteiger partial charge in [-0.2, -0.15) is 0 Å². The Morgan fingerprint density at radius 1 is 1.30 bits per heavy atom. The Bertz CT molecular complexity index is 382. The number of likely N-dealkylation sites (N-methyl/N-ethyl adjacent to an activating group) is 1. The molecule has 116 valence electrons. The molecule has 0 atom stereocenters. The highest BCUT2D eigenvalue weighted by atomic mass is 32.1. The van der Waals surface area contributed by atoms with Crippen LogP contribution in [0.3, 0.4) is 0 Å². The number of nitrogens with zero attached hydrogens (tertiary/aromatic N) is 2. The minimum absolute atomic E-state index is 0.563. The van der Waals surface area contributed by atoms with Crippen molar-refractivity contribution in [2.45, 2.75) is 27.0 Å². The van der Waals surface area contributed by atoms with Crippen molar-refractivity contribution in [2.75, 3.05) is 45.9 Å². The number of nitrogens with one attached hydrogen (secondary N) is 1. The topological polar surface area (TPSA) is 46.6 Å². The van der Waals surface area contributed by atoms with E-state index in [4.69, 9.17) is 9.47 Å². The van der Waals surface area contributed by atoms with Crippen LogP contribution in [0.2, 0.25) is 0 Å². The van der Waals surface area contributed by atoms with Gasteiger partial charge in [0.05, 0.1) is 18.9 Å². The van der Waals surface area contributed by atoms with Crippen molar-refractivity contribution in [3.8, 4) is 0 Å². The van der Waals surface area contributed by atoms with Crippen LogP contribution < -0.4 is 10.2 Å². The van der Waals surface area contributed by atoms with Crippen LogP contribution in [-0.2, 0) is 22.6 Å². The van der Waals surface area contributed by atoms with Crippen LogP contribution in [0, 0.1) is 5.92 Å². The van der Waals surface area contributed by atoms with Crippen LogP contribution in [0.25, 0.3) is 0 Å². The molecule has 1 aromatic rings. The molecule has 0 radical (unpaired) electrons. The minimum Gasteiger partial charge on any atom is -0.383 e. The number of ether oxygens (including phenoxy) is 2. The van der Waals surface area contributed by atoms with Gasteiger partial charge in [-0.15, -0.1) is 11.3 Å². The van der Waals surface area contributed by atoms with Gasteiger partial charge in [0.2, 0.25) is 0 Å². The number of anilines is 1. The zero-order chi connectivity index (χ0) is 15.0. The number of rotatable bonds is 10.